The first-order valence-corrected chi connectivity index (χ1v) is 11.2. The van der Waals surface area contributed by atoms with Gasteiger partial charge in [0.1, 0.15) is 12.0 Å². The Morgan fingerprint density at radius 1 is 0.833 bits per heavy atom. The van der Waals surface area contributed by atoms with Crippen molar-refractivity contribution in [1.82, 2.24) is 15.0 Å². The molecular formula is C22H18N5O2P. The van der Waals surface area contributed by atoms with Gasteiger partial charge in [-0.25, -0.2) is 0 Å². The van der Waals surface area contributed by atoms with Crippen molar-refractivity contribution in [1.29, 1.82) is 0 Å². The molecule has 7 nitrogen and oxygen atoms in total. The Morgan fingerprint density at radius 3 is 2.37 bits per heavy atom. The summed E-state index contributed by atoms with van der Waals surface area (Å²) in [6.07, 6.45) is 0.0238. The van der Waals surface area contributed by atoms with E-state index >= 15 is 0 Å². The van der Waals surface area contributed by atoms with Crippen LogP contribution in [0.1, 0.15) is 0 Å². The molecule has 2 heterocycles. The number of rotatable bonds is 4. The second-order valence-corrected chi connectivity index (χ2v) is 9.15. The lowest BCUT2D eigenvalue weighted by atomic mass is 10.0. The van der Waals surface area contributed by atoms with Gasteiger partial charge in [0.25, 0.3) is 7.37 Å². The topological polar surface area (TPSA) is 103 Å². The van der Waals surface area contributed by atoms with Gasteiger partial charge in [0.2, 0.25) is 11.9 Å². The molecule has 3 aromatic carbocycles. The average Bonchev–Trinajstić information content (AvgIpc) is 2.78. The van der Waals surface area contributed by atoms with Crippen LogP contribution in [-0.4, -0.2) is 21.2 Å². The monoisotopic (exact) mass is 415 g/mol. The molecule has 148 valence electrons. The highest BCUT2D eigenvalue weighted by molar-refractivity contribution is 7.67. The van der Waals surface area contributed by atoms with Crippen molar-refractivity contribution in [3.63, 3.8) is 0 Å². The molecule has 30 heavy (non-hydrogen) atoms. The first kappa shape index (κ1) is 18.3. The van der Waals surface area contributed by atoms with Gasteiger partial charge in [-0.2, -0.15) is 15.0 Å². The molecule has 0 unspecified atom stereocenters. The largest absolute Gasteiger partial charge is 0.438 e. The second kappa shape index (κ2) is 7.28. The molecule has 0 fully saturated rings. The van der Waals surface area contributed by atoms with Gasteiger partial charge in [-0.1, -0.05) is 66.7 Å². The third kappa shape index (κ3) is 3.29. The summed E-state index contributed by atoms with van der Waals surface area (Å²) in [5, 5.41) is 3.72. The van der Waals surface area contributed by atoms with Crippen LogP contribution in [-0.2, 0) is 4.57 Å². The van der Waals surface area contributed by atoms with Crippen LogP contribution in [0.25, 0.3) is 22.5 Å². The van der Waals surface area contributed by atoms with E-state index in [0.29, 0.717) is 16.9 Å². The predicted molar refractivity (Wildman–Crippen MR) is 118 cm³/mol. The lowest BCUT2D eigenvalue weighted by molar-refractivity contribution is 0.493. The van der Waals surface area contributed by atoms with Crippen molar-refractivity contribution < 1.29 is 9.09 Å². The molecule has 0 amide bonds. The van der Waals surface area contributed by atoms with E-state index in [4.69, 9.17) is 10.3 Å². The molecule has 1 atom stereocenters. The molecule has 1 aliphatic heterocycles. The summed E-state index contributed by atoms with van der Waals surface area (Å²) in [6, 6.07) is 24.6. The fourth-order valence-electron chi connectivity index (χ4n) is 3.46. The average molecular weight is 415 g/mol. The number of fused-ring (bicyclic) bond motifs is 3. The van der Waals surface area contributed by atoms with E-state index < -0.39 is 7.37 Å². The lowest BCUT2D eigenvalue weighted by Gasteiger charge is -2.28. The maximum absolute atomic E-state index is 13.8. The van der Waals surface area contributed by atoms with Crippen molar-refractivity contribution in [2.45, 2.75) is 0 Å². The highest BCUT2D eigenvalue weighted by Gasteiger charge is 2.35. The zero-order valence-corrected chi connectivity index (χ0v) is 16.8. The van der Waals surface area contributed by atoms with E-state index in [2.05, 4.69) is 20.3 Å². The zero-order chi connectivity index (χ0) is 20.6. The summed E-state index contributed by atoms with van der Waals surface area (Å²) >= 11 is 0. The van der Waals surface area contributed by atoms with Gasteiger partial charge >= 0.3 is 0 Å². The van der Waals surface area contributed by atoms with Crippen molar-refractivity contribution >= 4 is 24.6 Å². The Kier molecular flexibility index (Phi) is 4.45. The third-order valence-electron chi connectivity index (χ3n) is 4.82. The van der Waals surface area contributed by atoms with Crippen molar-refractivity contribution in [3.05, 3.63) is 78.9 Å². The molecule has 0 spiro atoms. The lowest BCUT2D eigenvalue weighted by Crippen LogP contribution is -2.23. The number of nitrogens with one attached hydrogen (secondary N) is 1. The molecule has 4 aromatic rings. The predicted octanol–water partition coefficient (Wildman–Crippen LogP) is 4.15. The van der Waals surface area contributed by atoms with Crippen LogP contribution in [0.2, 0.25) is 0 Å². The number of anilines is 2. The summed E-state index contributed by atoms with van der Waals surface area (Å²) in [7, 11) is -3.26. The SMILES string of the molecule is Nc1nc(NC[P@]2(=O)Oc3ccccc3-c3ccccc32)nc(-c2ccccc2)n1. The van der Waals surface area contributed by atoms with Gasteiger partial charge in [-0.05, 0) is 17.7 Å². The molecule has 1 aliphatic rings. The highest BCUT2D eigenvalue weighted by Crippen LogP contribution is 2.54. The number of hydrogen-bond acceptors (Lipinski definition) is 7. The number of aromatic nitrogens is 3. The Bertz CT molecular complexity index is 1280. The molecular weight excluding hydrogens is 397 g/mol. The molecule has 8 heteroatoms. The molecule has 0 saturated carbocycles. The van der Waals surface area contributed by atoms with Crippen LogP contribution >= 0.6 is 7.37 Å². The normalized spacial score (nSPS) is 16.8. The first-order valence-electron chi connectivity index (χ1n) is 9.41. The van der Waals surface area contributed by atoms with Gasteiger partial charge in [-0.15, -0.1) is 0 Å². The number of para-hydroxylation sites is 1. The minimum absolute atomic E-state index is 0.0238. The van der Waals surface area contributed by atoms with Gasteiger partial charge in [0, 0.05) is 11.1 Å². The van der Waals surface area contributed by atoms with Crippen LogP contribution in [0.3, 0.4) is 0 Å². The summed E-state index contributed by atoms with van der Waals surface area (Å²) < 4.78 is 19.8. The van der Waals surface area contributed by atoms with Crippen molar-refractivity contribution in [3.8, 4) is 28.3 Å². The fourth-order valence-corrected chi connectivity index (χ4v) is 5.49. The quantitative estimate of drug-likeness (QED) is 0.483. The van der Waals surface area contributed by atoms with Crippen molar-refractivity contribution in [2.24, 2.45) is 0 Å². The minimum Gasteiger partial charge on any atom is -0.438 e. The molecule has 0 radical (unpaired) electrons. The summed E-state index contributed by atoms with van der Waals surface area (Å²) in [4.78, 5) is 12.8. The molecule has 0 bridgehead atoms. The van der Waals surface area contributed by atoms with Gasteiger partial charge < -0.3 is 15.6 Å². The number of nitrogens with two attached hydrogens (primary N) is 1. The second-order valence-electron chi connectivity index (χ2n) is 6.82. The van der Waals surface area contributed by atoms with Crippen LogP contribution < -0.4 is 20.9 Å². The van der Waals surface area contributed by atoms with Crippen LogP contribution in [0.15, 0.2) is 78.9 Å². The number of nitrogens with zero attached hydrogens (tertiary/aromatic N) is 3. The van der Waals surface area contributed by atoms with E-state index in [9.17, 15) is 4.57 Å². The van der Waals surface area contributed by atoms with E-state index in [-0.39, 0.29) is 18.2 Å². The number of benzene rings is 3. The molecule has 5 rings (SSSR count). The van der Waals surface area contributed by atoms with Crippen LogP contribution in [0.4, 0.5) is 11.9 Å². The Hall–Kier alpha value is -3.70. The van der Waals surface area contributed by atoms with Crippen LogP contribution in [0, 0.1) is 0 Å². The number of nitrogen functional groups attached to an aromatic ring is 1. The fraction of sp³-hybridized carbons (Fsp3) is 0.0455. The van der Waals surface area contributed by atoms with E-state index in [0.717, 1.165) is 16.7 Å². The smallest absolute Gasteiger partial charge is 0.296 e. The summed E-state index contributed by atoms with van der Waals surface area (Å²) in [5.41, 5.74) is 8.52. The minimum atomic E-state index is -3.26. The maximum atomic E-state index is 13.8. The van der Waals surface area contributed by atoms with Gasteiger partial charge in [-0.3, -0.25) is 4.57 Å². The van der Waals surface area contributed by atoms with Gasteiger partial charge in [0.15, 0.2) is 5.82 Å². The Morgan fingerprint density at radius 2 is 1.53 bits per heavy atom. The summed E-state index contributed by atoms with van der Waals surface area (Å²) in [5.74, 6) is 1.37. The highest BCUT2D eigenvalue weighted by atomic mass is 31.2. The Balaban J connectivity index is 1.47. The van der Waals surface area contributed by atoms with Crippen LogP contribution in [0.5, 0.6) is 5.75 Å². The van der Waals surface area contributed by atoms with E-state index in [1.165, 1.54) is 0 Å². The molecule has 3 N–H and O–H groups in total. The standard InChI is InChI=1S/C22H18N5O2P/c23-21-25-20(15-8-2-1-3-9-15)26-22(27-21)24-14-30(28)19-13-7-5-11-17(19)16-10-4-6-12-18(16)29-30/h1-13H,14H2,(H3,23,24,25,26,27)/t30-/m0/s1. The van der Waals surface area contributed by atoms with Gasteiger partial charge in [0.05, 0.1) is 5.30 Å². The summed E-state index contributed by atoms with van der Waals surface area (Å²) in [6.45, 7) is 0. The first-order chi connectivity index (χ1) is 14.6. The third-order valence-corrected chi connectivity index (χ3v) is 7.01. The molecule has 0 aliphatic carbocycles. The van der Waals surface area contributed by atoms with E-state index in [1.54, 1.807) is 0 Å². The molecule has 1 aromatic heterocycles. The van der Waals surface area contributed by atoms with Crippen molar-refractivity contribution in [2.75, 3.05) is 17.3 Å². The maximum Gasteiger partial charge on any atom is 0.296 e. The molecule has 0 saturated heterocycles. The Labute approximate surface area is 173 Å². The number of hydrogen-bond donors (Lipinski definition) is 2. The zero-order valence-electron chi connectivity index (χ0n) is 15.9. The van der Waals surface area contributed by atoms with E-state index in [1.807, 2.05) is 78.9 Å².